The molecule has 3 aliphatic heterocycles. The van der Waals surface area contributed by atoms with Crippen LogP contribution in [0.1, 0.15) is 65.4 Å². The van der Waals surface area contributed by atoms with E-state index in [2.05, 4.69) is 20.4 Å². The number of ether oxygens (including phenoxy) is 2. The molecule has 49 heavy (non-hydrogen) atoms. The van der Waals surface area contributed by atoms with Crippen LogP contribution in [0.15, 0.2) is 47.4 Å². The maximum absolute atomic E-state index is 14.3. The molecule has 17 heteroatoms. The number of benzene rings is 1. The number of carbonyl (C=O) groups excluding carboxylic acids is 2. The van der Waals surface area contributed by atoms with Crippen molar-refractivity contribution in [2.24, 2.45) is 0 Å². The Morgan fingerprint density at radius 1 is 1.20 bits per heavy atom. The minimum Gasteiger partial charge on any atom is -0.505 e. The second kappa shape index (κ2) is 12.3. The lowest BCUT2D eigenvalue weighted by molar-refractivity contribution is -0.137. The third kappa shape index (κ3) is 5.82. The molecule has 1 saturated heterocycles. The van der Waals surface area contributed by atoms with Crippen molar-refractivity contribution in [3.05, 3.63) is 86.3 Å². The fourth-order valence-corrected chi connectivity index (χ4v) is 6.90. The fraction of sp³-hybridized carbons (Fsp3) is 0.375. The number of hydrogen-bond donors (Lipinski definition) is 2. The van der Waals surface area contributed by atoms with Gasteiger partial charge in [-0.1, -0.05) is 17.7 Å². The molecule has 256 valence electrons. The molecule has 1 fully saturated rings. The van der Waals surface area contributed by atoms with Crippen molar-refractivity contribution in [3.8, 4) is 5.75 Å². The number of aromatic hydroxyl groups is 1. The third-order valence-electron chi connectivity index (χ3n) is 9.00. The lowest BCUT2D eigenvalue weighted by atomic mass is 9.85. The number of carbonyl (C=O) groups is 2. The molecule has 2 amide bonds. The monoisotopic (exact) mass is 699 g/mol. The van der Waals surface area contributed by atoms with E-state index >= 15 is 0 Å². The number of pyridine rings is 1. The molecule has 3 aromatic heterocycles. The molecule has 1 aromatic carbocycles. The Hall–Kier alpha value is -4.80. The van der Waals surface area contributed by atoms with Gasteiger partial charge in [-0.3, -0.25) is 14.4 Å². The van der Waals surface area contributed by atoms with Crippen LogP contribution in [-0.2, 0) is 32.6 Å². The van der Waals surface area contributed by atoms with E-state index in [1.165, 1.54) is 27.8 Å². The first-order valence-electron chi connectivity index (χ1n) is 15.4. The highest BCUT2D eigenvalue weighted by Gasteiger charge is 2.50. The molecule has 1 atom stereocenters. The molecule has 1 spiro atoms. The van der Waals surface area contributed by atoms with Crippen molar-refractivity contribution >= 4 is 40.5 Å². The van der Waals surface area contributed by atoms with Crippen molar-refractivity contribution in [3.63, 3.8) is 0 Å². The fourth-order valence-electron chi connectivity index (χ4n) is 6.68. The number of alkyl halides is 3. The van der Waals surface area contributed by atoms with E-state index in [1.54, 1.807) is 6.92 Å². The molecule has 0 aliphatic carbocycles. The maximum Gasteiger partial charge on any atom is 0.416 e. The average molecular weight is 700 g/mol. The predicted molar refractivity (Wildman–Crippen MR) is 168 cm³/mol. The van der Waals surface area contributed by atoms with Crippen molar-refractivity contribution in [2.45, 2.75) is 50.6 Å². The highest BCUT2D eigenvalue weighted by Crippen LogP contribution is 2.48. The topological polar surface area (TPSA) is 153 Å². The zero-order valence-corrected chi connectivity index (χ0v) is 26.7. The molecule has 7 rings (SSSR count). The Labute approximate surface area is 280 Å². The number of nitrogens with zero attached hydrogens (tertiary/aromatic N) is 6. The highest BCUT2D eigenvalue weighted by atomic mass is 35.5. The molecule has 2 N–H and O–H groups in total. The summed E-state index contributed by atoms with van der Waals surface area (Å²) in [5.41, 5.74) is -1.25. The lowest BCUT2D eigenvalue weighted by Gasteiger charge is -2.39. The van der Waals surface area contributed by atoms with Gasteiger partial charge in [0.25, 0.3) is 11.5 Å². The summed E-state index contributed by atoms with van der Waals surface area (Å²) in [6.45, 7) is 2.49. The Bertz CT molecular complexity index is 2090. The van der Waals surface area contributed by atoms with E-state index in [0.717, 1.165) is 28.3 Å². The van der Waals surface area contributed by atoms with Crippen LogP contribution in [0.5, 0.6) is 5.75 Å². The first kappa shape index (κ1) is 32.7. The van der Waals surface area contributed by atoms with E-state index in [-0.39, 0.29) is 59.4 Å². The number of fused-ring (bicyclic) bond motifs is 3. The summed E-state index contributed by atoms with van der Waals surface area (Å²) in [6.07, 6.45) is -1.12. The number of piperidine rings is 1. The van der Waals surface area contributed by atoms with Crippen molar-refractivity contribution in [1.82, 2.24) is 29.0 Å². The Balaban J connectivity index is 1.26. The van der Waals surface area contributed by atoms with Crippen LogP contribution in [0.25, 0.3) is 11.4 Å². The molecule has 4 aromatic rings. The number of anilines is 1. The van der Waals surface area contributed by atoms with Gasteiger partial charge in [0.15, 0.2) is 11.5 Å². The zero-order chi connectivity index (χ0) is 34.7. The second-order valence-electron chi connectivity index (χ2n) is 12.0. The quantitative estimate of drug-likeness (QED) is 0.310. The number of halogens is 4. The molecule has 0 radical (unpaired) electrons. The van der Waals surface area contributed by atoms with Gasteiger partial charge in [0.05, 0.1) is 46.8 Å². The molecule has 0 saturated carbocycles. The summed E-state index contributed by atoms with van der Waals surface area (Å²) in [5, 5.41) is 17.0. The van der Waals surface area contributed by atoms with Crippen LogP contribution in [0.3, 0.4) is 0 Å². The molecular formula is C32H29ClF3N7O6. The van der Waals surface area contributed by atoms with E-state index in [0.29, 0.717) is 31.2 Å². The first-order chi connectivity index (χ1) is 23.4. The summed E-state index contributed by atoms with van der Waals surface area (Å²) < 4.78 is 54.2. The number of likely N-dealkylation sites (tertiary alicyclic amines) is 1. The summed E-state index contributed by atoms with van der Waals surface area (Å²) in [6, 6.07) is 5.50. The van der Waals surface area contributed by atoms with Crippen LogP contribution < -0.4 is 10.9 Å². The minimum absolute atomic E-state index is 0.0281. The van der Waals surface area contributed by atoms with Gasteiger partial charge >= 0.3 is 6.18 Å². The normalized spacial score (nSPS) is 18.8. The number of amides is 2. The highest BCUT2D eigenvalue weighted by molar-refractivity contribution is 6.33. The maximum atomic E-state index is 14.3. The summed E-state index contributed by atoms with van der Waals surface area (Å²) in [5.74, 6) is -0.983. The Morgan fingerprint density at radius 2 is 1.98 bits per heavy atom. The van der Waals surface area contributed by atoms with Gasteiger partial charge in [-0.05, 0) is 62.1 Å². The van der Waals surface area contributed by atoms with Gasteiger partial charge < -0.3 is 29.4 Å². The number of hydrogen-bond acceptors (Lipinski definition) is 9. The van der Waals surface area contributed by atoms with E-state index in [1.807, 2.05) is 6.08 Å². The summed E-state index contributed by atoms with van der Waals surface area (Å²) in [4.78, 5) is 51.2. The molecule has 0 unspecified atom stereocenters. The van der Waals surface area contributed by atoms with Crippen LogP contribution in [-0.4, -0.2) is 72.3 Å². The Kier molecular flexibility index (Phi) is 8.19. The molecule has 6 heterocycles. The number of aromatic nitrogens is 5. The molecule has 13 nitrogen and oxygen atoms in total. The number of rotatable bonds is 5. The Morgan fingerprint density at radius 3 is 2.65 bits per heavy atom. The van der Waals surface area contributed by atoms with Crippen molar-refractivity contribution in [2.75, 3.05) is 31.6 Å². The van der Waals surface area contributed by atoms with Crippen molar-refractivity contribution in [1.29, 1.82) is 0 Å². The zero-order valence-electron chi connectivity index (χ0n) is 26.0. The predicted octanol–water partition coefficient (Wildman–Crippen LogP) is 4.33. The third-order valence-corrected chi connectivity index (χ3v) is 9.31. The molecule has 3 aliphatic rings. The number of nitrogens with one attached hydrogen (secondary N) is 1. The van der Waals surface area contributed by atoms with E-state index in [4.69, 9.17) is 21.1 Å². The smallest absolute Gasteiger partial charge is 0.416 e. The van der Waals surface area contributed by atoms with Gasteiger partial charge in [-0.2, -0.15) is 22.7 Å². The van der Waals surface area contributed by atoms with Gasteiger partial charge in [0.2, 0.25) is 11.7 Å². The van der Waals surface area contributed by atoms with E-state index < -0.39 is 47.4 Å². The first-order valence-corrected chi connectivity index (χ1v) is 15.8. The molecular weight excluding hydrogens is 671 g/mol. The van der Waals surface area contributed by atoms with Crippen LogP contribution in [0.4, 0.5) is 18.9 Å². The standard InChI is InChI=1S/C32H29ClF3N7O6/c1-17-26-24(31(49-17)8-11-41(12-9-31)29(47)25-22(44)3-2-10-37-25)28(46)43-30(39-27(40-43)18-6-13-48-14-7-18)42(26)16-23(45)38-21-5-4-19(15-20(21)33)32(34,35)36/h2-6,10,15,17,44H,7-9,11-14,16H2,1H3,(H,38,45)/t17-/m1/s1. The average Bonchev–Trinajstić information content (AvgIpc) is 3.64. The van der Waals surface area contributed by atoms with Gasteiger partial charge in [0, 0.05) is 19.3 Å². The summed E-state index contributed by atoms with van der Waals surface area (Å²) in [7, 11) is 0. The summed E-state index contributed by atoms with van der Waals surface area (Å²) >= 11 is 6.11. The SMILES string of the molecule is C[C@H]1OC2(CCN(C(=O)c3ncccc3O)CC2)c2c1n(CC(=O)Nc1ccc(C(F)(F)F)cc1Cl)c1nc(C3=CCOCC3)nn1c2=O. The van der Waals surface area contributed by atoms with Crippen molar-refractivity contribution < 1.29 is 37.3 Å². The molecule has 0 bridgehead atoms. The van der Waals surface area contributed by atoms with Gasteiger partial charge in [-0.25, -0.2) is 4.98 Å². The minimum atomic E-state index is -4.62. The second-order valence-corrected chi connectivity index (χ2v) is 12.4. The van der Waals surface area contributed by atoms with E-state index in [9.17, 15) is 32.7 Å². The van der Waals surface area contributed by atoms with Crippen LogP contribution >= 0.6 is 11.6 Å². The largest absolute Gasteiger partial charge is 0.505 e. The lowest BCUT2D eigenvalue weighted by Crippen LogP contribution is -2.47. The van der Waals surface area contributed by atoms with Crippen LogP contribution in [0.2, 0.25) is 5.02 Å². The van der Waals surface area contributed by atoms with Gasteiger partial charge in [0.1, 0.15) is 17.9 Å². The van der Waals surface area contributed by atoms with Crippen LogP contribution in [0, 0.1) is 0 Å². The van der Waals surface area contributed by atoms with Gasteiger partial charge in [-0.15, -0.1) is 5.10 Å².